The van der Waals surface area contributed by atoms with Crippen molar-refractivity contribution in [3.05, 3.63) is 28.7 Å². The number of hydrogen-bond donors (Lipinski definition) is 1. The summed E-state index contributed by atoms with van der Waals surface area (Å²) in [5, 5.41) is 3.89. The van der Waals surface area contributed by atoms with Gasteiger partial charge in [-0.25, -0.2) is 0 Å². The molecule has 0 aliphatic heterocycles. The molecular formula is C14H15BrN2O2. The molecule has 5 heteroatoms. The normalized spacial score (nSPS) is 15.2. The van der Waals surface area contributed by atoms with Gasteiger partial charge in [0.05, 0.1) is 11.1 Å². The van der Waals surface area contributed by atoms with Crippen LogP contribution in [0.3, 0.4) is 0 Å². The van der Waals surface area contributed by atoms with Crippen molar-refractivity contribution in [2.45, 2.75) is 19.3 Å². The number of ether oxygens (including phenoxy) is 1. The van der Waals surface area contributed by atoms with Gasteiger partial charge in [0.15, 0.2) is 0 Å². The zero-order valence-corrected chi connectivity index (χ0v) is 12.0. The second-order valence-corrected chi connectivity index (χ2v) is 5.72. The Bertz CT molecular complexity index is 579. The van der Waals surface area contributed by atoms with Crippen LogP contribution in [0.4, 0.5) is 5.88 Å². The Morgan fingerprint density at radius 1 is 1.37 bits per heavy atom. The lowest BCUT2D eigenvalue weighted by atomic mass is 9.86. The summed E-state index contributed by atoms with van der Waals surface area (Å²) in [5.41, 5.74) is 7.19. The highest BCUT2D eigenvalue weighted by atomic mass is 79.9. The van der Waals surface area contributed by atoms with Gasteiger partial charge in [0, 0.05) is 11.6 Å². The summed E-state index contributed by atoms with van der Waals surface area (Å²) in [6, 6.07) is 7.57. The summed E-state index contributed by atoms with van der Waals surface area (Å²) >= 11 is 3.53. The SMILES string of the molecule is Nc1cc(-c2ccc(OCC3CCC3)c(Br)c2)no1. The molecule has 0 bridgehead atoms. The third-order valence-electron chi connectivity index (χ3n) is 3.46. The fourth-order valence-corrected chi connectivity index (χ4v) is 2.56. The third kappa shape index (κ3) is 2.76. The van der Waals surface area contributed by atoms with E-state index in [1.54, 1.807) is 6.07 Å². The van der Waals surface area contributed by atoms with E-state index in [0.717, 1.165) is 34.0 Å². The summed E-state index contributed by atoms with van der Waals surface area (Å²) in [6.45, 7) is 0.800. The van der Waals surface area contributed by atoms with Gasteiger partial charge in [-0.1, -0.05) is 11.6 Å². The molecular weight excluding hydrogens is 308 g/mol. The highest BCUT2D eigenvalue weighted by Crippen LogP contribution is 2.33. The van der Waals surface area contributed by atoms with Gasteiger partial charge < -0.3 is 15.0 Å². The first-order valence-corrected chi connectivity index (χ1v) is 7.16. The molecule has 1 aliphatic carbocycles. The first kappa shape index (κ1) is 12.5. The first-order chi connectivity index (χ1) is 9.22. The van der Waals surface area contributed by atoms with Crippen LogP contribution in [0.2, 0.25) is 0 Å². The molecule has 1 saturated carbocycles. The number of nitrogens with zero attached hydrogens (tertiary/aromatic N) is 1. The molecule has 0 saturated heterocycles. The minimum Gasteiger partial charge on any atom is -0.492 e. The third-order valence-corrected chi connectivity index (χ3v) is 4.08. The number of hydrogen-bond acceptors (Lipinski definition) is 4. The molecule has 1 aliphatic rings. The lowest BCUT2D eigenvalue weighted by Crippen LogP contribution is -2.19. The van der Waals surface area contributed by atoms with Crippen molar-refractivity contribution in [1.82, 2.24) is 5.16 Å². The second kappa shape index (κ2) is 5.25. The average molecular weight is 323 g/mol. The summed E-state index contributed by atoms with van der Waals surface area (Å²) in [5.74, 6) is 1.91. The Balaban J connectivity index is 1.73. The maximum Gasteiger partial charge on any atom is 0.222 e. The van der Waals surface area contributed by atoms with Gasteiger partial charge in [-0.15, -0.1) is 0 Å². The van der Waals surface area contributed by atoms with E-state index in [1.165, 1.54) is 19.3 Å². The van der Waals surface area contributed by atoms with E-state index in [-0.39, 0.29) is 0 Å². The zero-order chi connectivity index (χ0) is 13.2. The van der Waals surface area contributed by atoms with Gasteiger partial charge in [-0.05, 0) is 52.9 Å². The lowest BCUT2D eigenvalue weighted by molar-refractivity contribution is 0.180. The van der Waals surface area contributed by atoms with Crippen LogP contribution in [0.1, 0.15) is 19.3 Å². The number of halogens is 1. The minimum absolute atomic E-state index is 0.316. The van der Waals surface area contributed by atoms with Crippen LogP contribution in [0.15, 0.2) is 33.3 Å². The molecule has 19 heavy (non-hydrogen) atoms. The maximum absolute atomic E-state index is 5.82. The predicted octanol–water partition coefficient (Wildman–Crippen LogP) is 3.87. The van der Waals surface area contributed by atoms with E-state index in [2.05, 4.69) is 21.1 Å². The standard InChI is InChI=1S/C14H15BrN2O2/c15-11-6-10(12-7-14(16)19-17-12)4-5-13(11)18-8-9-2-1-3-9/h4-7,9H,1-3,8,16H2. The van der Waals surface area contributed by atoms with Crippen LogP contribution < -0.4 is 10.5 Å². The van der Waals surface area contributed by atoms with Crippen LogP contribution >= 0.6 is 15.9 Å². The quantitative estimate of drug-likeness (QED) is 0.928. The van der Waals surface area contributed by atoms with Crippen molar-refractivity contribution in [3.63, 3.8) is 0 Å². The first-order valence-electron chi connectivity index (χ1n) is 6.37. The monoisotopic (exact) mass is 322 g/mol. The topological polar surface area (TPSA) is 61.3 Å². The lowest BCUT2D eigenvalue weighted by Gasteiger charge is -2.25. The van der Waals surface area contributed by atoms with E-state index in [0.29, 0.717) is 5.88 Å². The number of aromatic nitrogens is 1. The zero-order valence-electron chi connectivity index (χ0n) is 10.4. The fraction of sp³-hybridized carbons (Fsp3) is 0.357. The molecule has 3 rings (SSSR count). The van der Waals surface area contributed by atoms with Crippen molar-refractivity contribution in [2.75, 3.05) is 12.3 Å². The van der Waals surface area contributed by atoms with Crippen LogP contribution in [-0.2, 0) is 0 Å². The van der Waals surface area contributed by atoms with Crippen LogP contribution in [0.5, 0.6) is 5.75 Å². The van der Waals surface area contributed by atoms with Crippen molar-refractivity contribution in [1.29, 1.82) is 0 Å². The Labute approximate surface area is 120 Å². The van der Waals surface area contributed by atoms with Gasteiger partial charge in [0.1, 0.15) is 11.4 Å². The molecule has 0 amide bonds. The molecule has 1 fully saturated rings. The number of rotatable bonds is 4. The maximum atomic E-state index is 5.82. The van der Waals surface area contributed by atoms with E-state index in [1.807, 2.05) is 18.2 Å². The highest BCUT2D eigenvalue weighted by Gasteiger charge is 2.18. The van der Waals surface area contributed by atoms with Gasteiger partial charge in [0.25, 0.3) is 0 Å². The molecule has 1 aromatic carbocycles. The number of nitrogen functional groups attached to an aromatic ring is 1. The van der Waals surface area contributed by atoms with Gasteiger partial charge in [-0.2, -0.15) is 0 Å². The van der Waals surface area contributed by atoms with Gasteiger partial charge in [0.2, 0.25) is 5.88 Å². The molecule has 100 valence electrons. The predicted molar refractivity (Wildman–Crippen MR) is 76.9 cm³/mol. The number of anilines is 1. The smallest absolute Gasteiger partial charge is 0.222 e. The highest BCUT2D eigenvalue weighted by molar-refractivity contribution is 9.10. The van der Waals surface area contributed by atoms with E-state index >= 15 is 0 Å². The minimum atomic E-state index is 0.316. The molecule has 2 aromatic rings. The molecule has 4 nitrogen and oxygen atoms in total. The molecule has 1 aromatic heterocycles. The summed E-state index contributed by atoms with van der Waals surface area (Å²) < 4.78 is 11.6. The molecule has 0 spiro atoms. The van der Waals surface area contributed by atoms with Gasteiger partial charge in [-0.3, -0.25) is 0 Å². The van der Waals surface area contributed by atoms with Crippen molar-refractivity contribution < 1.29 is 9.26 Å². The summed E-state index contributed by atoms with van der Waals surface area (Å²) in [7, 11) is 0. The average Bonchev–Trinajstić information content (AvgIpc) is 2.76. The van der Waals surface area contributed by atoms with Crippen LogP contribution in [-0.4, -0.2) is 11.8 Å². The van der Waals surface area contributed by atoms with Crippen LogP contribution in [0.25, 0.3) is 11.3 Å². The molecule has 0 radical (unpaired) electrons. The molecule has 1 heterocycles. The Kier molecular flexibility index (Phi) is 3.46. The van der Waals surface area contributed by atoms with Gasteiger partial charge >= 0.3 is 0 Å². The Hall–Kier alpha value is -1.49. The summed E-state index contributed by atoms with van der Waals surface area (Å²) in [6.07, 6.45) is 3.91. The Morgan fingerprint density at radius 3 is 2.79 bits per heavy atom. The fourth-order valence-electron chi connectivity index (χ4n) is 2.07. The van der Waals surface area contributed by atoms with Crippen molar-refractivity contribution in [2.24, 2.45) is 5.92 Å². The largest absolute Gasteiger partial charge is 0.492 e. The van der Waals surface area contributed by atoms with E-state index < -0.39 is 0 Å². The summed E-state index contributed by atoms with van der Waals surface area (Å²) in [4.78, 5) is 0. The van der Waals surface area contributed by atoms with E-state index in [4.69, 9.17) is 15.0 Å². The Morgan fingerprint density at radius 2 is 2.21 bits per heavy atom. The van der Waals surface area contributed by atoms with Crippen LogP contribution in [0, 0.1) is 5.92 Å². The van der Waals surface area contributed by atoms with Crippen molar-refractivity contribution >= 4 is 21.8 Å². The second-order valence-electron chi connectivity index (χ2n) is 4.87. The molecule has 2 N–H and O–H groups in total. The number of nitrogens with two attached hydrogens (primary N) is 1. The molecule has 0 atom stereocenters. The van der Waals surface area contributed by atoms with Crippen molar-refractivity contribution in [3.8, 4) is 17.0 Å². The molecule has 0 unspecified atom stereocenters. The number of benzene rings is 1. The van der Waals surface area contributed by atoms with E-state index in [9.17, 15) is 0 Å².